The molecule has 0 atom stereocenters. The number of nitrogens with zero attached hydrogens (tertiary/aromatic N) is 2. The summed E-state index contributed by atoms with van der Waals surface area (Å²) in [4.78, 5) is 18.3. The van der Waals surface area contributed by atoms with Crippen LogP contribution in [0.2, 0.25) is 0 Å². The molecule has 0 radical (unpaired) electrons. The molecule has 2 N–H and O–H groups in total. The van der Waals surface area contributed by atoms with E-state index in [9.17, 15) is 4.79 Å². The molecule has 1 aromatic rings. The molecule has 1 aliphatic rings. The number of aliphatic imine (C=N–C) groups is 1. The molecule has 0 bridgehead atoms. The molecule has 0 aliphatic heterocycles. The number of rotatable bonds is 7. The van der Waals surface area contributed by atoms with Crippen molar-refractivity contribution in [2.24, 2.45) is 4.99 Å². The monoisotopic (exact) mass is 316 g/mol. The first-order valence-corrected chi connectivity index (χ1v) is 8.49. The Labute approximate surface area is 139 Å². The largest absolute Gasteiger partial charge is 0.357 e. The van der Waals surface area contributed by atoms with Crippen molar-refractivity contribution in [3.05, 3.63) is 35.4 Å². The predicted octanol–water partition coefficient (Wildman–Crippen LogP) is 1.92. The second kappa shape index (κ2) is 8.56. The van der Waals surface area contributed by atoms with Gasteiger partial charge in [0, 0.05) is 26.2 Å². The minimum absolute atomic E-state index is 0.00333. The fraction of sp³-hybridized carbons (Fsp3) is 0.556. The van der Waals surface area contributed by atoms with Gasteiger partial charge in [0.1, 0.15) is 6.54 Å². The molecular weight excluding hydrogens is 288 g/mol. The molecule has 0 spiro atoms. The van der Waals surface area contributed by atoms with Gasteiger partial charge in [0.25, 0.3) is 0 Å². The topological polar surface area (TPSA) is 56.7 Å². The number of aryl methyl sites for hydroxylation is 1. The number of nitrogens with one attached hydrogen (secondary N) is 2. The van der Waals surface area contributed by atoms with E-state index in [0.717, 1.165) is 38.3 Å². The van der Waals surface area contributed by atoms with Crippen LogP contribution in [0.3, 0.4) is 0 Å². The molecule has 0 aromatic heterocycles. The number of hydrogen-bond donors (Lipinski definition) is 2. The van der Waals surface area contributed by atoms with Crippen molar-refractivity contribution in [1.82, 2.24) is 15.5 Å². The first kappa shape index (κ1) is 17.3. The third-order valence-electron chi connectivity index (χ3n) is 3.86. The third-order valence-corrected chi connectivity index (χ3v) is 3.86. The zero-order valence-electron chi connectivity index (χ0n) is 14.4. The van der Waals surface area contributed by atoms with E-state index in [4.69, 9.17) is 0 Å². The van der Waals surface area contributed by atoms with Crippen molar-refractivity contribution in [3.63, 3.8) is 0 Å². The average molecular weight is 316 g/mol. The Hall–Kier alpha value is -2.04. The lowest BCUT2D eigenvalue weighted by Crippen LogP contribution is -2.39. The van der Waals surface area contributed by atoms with E-state index in [1.165, 1.54) is 11.1 Å². The lowest BCUT2D eigenvalue weighted by atomic mass is 10.1. The number of guanidine groups is 1. The maximum atomic E-state index is 11.8. The Bertz CT molecular complexity index is 534. The van der Waals surface area contributed by atoms with E-state index < -0.39 is 0 Å². The smallest absolute Gasteiger partial charge is 0.242 e. The molecule has 1 amide bonds. The van der Waals surface area contributed by atoms with Crippen LogP contribution in [0.1, 0.15) is 37.8 Å². The molecule has 1 aliphatic carbocycles. The van der Waals surface area contributed by atoms with Gasteiger partial charge in [-0.2, -0.15) is 0 Å². The molecule has 0 saturated heterocycles. The van der Waals surface area contributed by atoms with E-state index in [1.54, 1.807) is 0 Å². The first-order valence-electron chi connectivity index (χ1n) is 8.49. The van der Waals surface area contributed by atoms with Crippen LogP contribution < -0.4 is 10.6 Å². The standard InChI is InChI=1S/C18H28N4O/c1-4-14-6-8-15(9-7-14)13-22(3)18(19-5-2)20-12-17(23)21-16-10-11-16/h6-9,16H,4-5,10-13H2,1-3H3,(H,19,20)(H,21,23). The quantitative estimate of drug-likeness (QED) is 0.597. The summed E-state index contributed by atoms with van der Waals surface area (Å²) >= 11 is 0. The Morgan fingerprint density at radius 1 is 1.22 bits per heavy atom. The molecule has 0 heterocycles. The van der Waals surface area contributed by atoms with Gasteiger partial charge in [0.05, 0.1) is 0 Å². The summed E-state index contributed by atoms with van der Waals surface area (Å²) in [6.45, 7) is 5.91. The first-order chi connectivity index (χ1) is 11.1. The second-order valence-corrected chi connectivity index (χ2v) is 6.04. The van der Waals surface area contributed by atoms with Gasteiger partial charge in [-0.15, -0.1) is 0 Å². The van der Waals surface area contributed by atoms with Gasteiger partial charge < -0.3 is 15.5 Å². The molecule has 23 heavy (non-hydrogen) atoms. The average Bonchev–Trinajstić information content (AvgIpc) is 3.36. The normalized spacial score (nSPS) is 14.5. The fourth-order valence-corrected chi connectivity index (χ4v) is 2.35. The van der Waals surface area contributed by atoms with Gasteiger partial charge in [-0.25, -0.2) is 4.99 Å². The van der Waals surface area contributed by atoms with Crippen LogP contribution in [0.5, 0.6) is 0 Å². The van der Waals surface area contributed by atoms with E-state index in [2.05, 4.69) is 51.7 Å². The molecule has 5 nitrogen and oxygen atoms in total. The van der Waals surface area contributed by atoms with Crippen LogP contribution in [-0.2, 0) is 17.8 Å². The van der Waals surface area contributed by atoms with Crippen molar-refractivity contribution in [1.29, 1.82) is 0 Å². The highest BCUT2D eigenvalue weighted by Crippen LogP contribution is 2.18. The van der Waals surface area contributed by atoms with Gasteiger partial charge in [-0.05, 0) is 37.3 Å². The van der Waals surface area contributed by atoms with Gasteiger partial charge in [-0.1, -0.05) is 31.2 Å². The van der Waals surface area contributed by atoms with Gasteiger partial charge >= 0.3 is 0 Å². The molecule has 126 valence electrons. The zero-order valence-corrected chi connectivity index (χ0v) is 14.4. The number of benzene rings is 1. The van der Waals surface area contributed by atoms with E-state index >= 15 is 0 Å². The Morgan fingerprint density at radius 2 is 1.87 bits per heavy atom. The predicted molar refractivity (Wildman–Crippen MR) is 94.4 cm³/mol. The van der Waals surface area contributed by atoms with Crippen LogP contribution in [-0.4, -0.2) is 42.9 Å². The van der Waals surface area contributed by atoms with Crippen molar-refractivity contribution >= 4 is 11.9 Å². The highest BCUT2D eigenvalue weighted by molar-refractivity contribution is 5.85. The maximum absolute atomic E-state index is 11.8. The van der Waals surface area contributed by atoms with E-state index in [1.807, 2.05) is 14.0 Å². The summed E-state index contributed by atoms with van der Waals surface area (Å²) in [5.74, 6) is 0.765. The third kappa shape index (κ3) is 5.93. The number of hydrogen-bond acceptors (Lipinski definition) is 2. The van der Waals surface area contributed by atoms with Crippen molar-refractivity contribution in [2.75, 3.05) is 20.1 Å². The molecule has 5 heteroatoms. The molecule has 1 fully saturated rings. The van der Waals surface area contributed by atoms with Gasteiger partial charge in [0.15, 0.2) is 5.96 Å². The minimum Gasteiger partial charge on any atom is -0.357 e. The van der Waals surface area contributed by atoms with Crippen molar-refractivity contribution in [3.8, 4) is 0 Å². The molecule has 2 rings (SSSR count). The maximum Gasteiger partial charge on any atom is 0.242 e. The van der Waals surface area contributed by atoms with Crippen molar-refractivity contribution in [2.45, 2.75) is 45.7 Å². The highest BCUT2D eigenvalue weighted by atomic mass is 16.2. The van der Waals surface area contributed by atoms with Crippen LogP contribution in [0.15, 0.2) is 29.3 Å². The lowest BCUT2D eigenvalue weighted by molar-refractivity contribution is -0.119. The lowest BCUT2D eigenvalue weighted by Gasteiger charge is -2.22. The fourth-order valence-electron chi connectivity index (χ4n) is 2.35. The molecule has 1 saturated carbocycles. The Balaban J connectivity index is 1.92. The van der Waals surface area contributed by atoms with E-state index in [0.29, 0.717) is 6.04 Å². The minimum atomic E-state index is 0.00333. The van der Waals surface area contributed by atoms with Gasteiger partial charge in [0.2, 0.25) is 5.91 Å². The van der Waals surface area contributed by atoms with Crippen LogP contribution >= 0.6 is 0 Å². The van der Waals surface area contributed by atoms with Crippen LogP contribution in [0.4, 0.5) is 0 Å². The van der Waals surface area contributed by atoms with Gasteiger partial charge in [-0.3, -0.25) is 4.79 Å². The van der Waals surface area contributed by atoms with E-state index in [-0.39, 0.29) is 12.5 Å². The Kier molecular flexibility index (Phi) is 6.44. The summed E-state index contributed by atoms with van der Waals surface area (Å²) in [7, 11) is 1.99. The summed E-state index contributed by atoms with van der Waals surface area (Å²) in [5, 5.41) is 6.21. The summed E-state index contributed by atoms with van der Waals surface area (Å²) in [6, 6.07) is 9.01. The molecule has 0 unspecified atom stereocenters. The number of amides is 1. The Morgan fingerprint density at radius 3 is 2.43 bits per heavy atom. The highest BCUT2D eigenvalue weighted by Gasteiger charge is 2.22. The summed E-state index contributed by atoms with van der Waals surface area (Å²) < 4.78 is 0. The van der Waals surface area contributed by atoms with Crippen LogP contribution in [0.25, 0.3) is 0 Å². The second-order valence-electron chi connectivity index (χ2n) is 6.04. The summed E-state index contributed by atoms with van der Waals surface area (Å²) in [5.41, 5.74) is 2.58. The number of carbonyl (C=O) groups is 1. The zero-order chi connectivity index (χ0) is 16.7. The van der Waals surface area contributed by atoms with Crippen molar-refractivity contribution < 1.29 is 4.79 Å². The molecular formula is C18H28N4O. The number of carbonyl (C=O) groups excluding carboxylic acids is 1. The molecule has 1 aromatic carbocycles. The SMILES string of the molecule is CCNC(=NCC(=O)NC1CC1)N(C)Cc1ccc(CC)cc1. The van der Waals surface area contributed by atoms with Crippen LogP contribution in [0, 0.1) is 0 Å². The summed E-state index contributed by atoms with van der Waals surface area (Å²) in [6.07, 6.45) is 3.25.